The van der Waals surface area contributed by atoms with Crippen molar-refractivity contribution in [3.05, 3.63) is 17.5 Å². The van der Waals surface area contributed by atoms with E-state index in [0.717, 1.165) is 41.8 Å². The van der Waals surface area contributed by atoms with Gasteiger partial charge in [-0.05, 0) is 31.7 Å². The Morgan fingerprint density at radius 3 is 2.36 bits per heavy atom. The van der Waals surface area contributed by atoms with E-state index in [9.17, 15) is 8.78 Å². The Bertz CT molecular complexity index is 332. The summed E-state index contributed by atoms with van der Waals surface area (Å²) in [5.41, 5.74) is 1.63. The second-order valence-corrected chi connectivity index (χ2v) is 4.26. The summed E-state index contributed by atoms with van der Waals surface area (Å²) in [6.07, 6.45) is 4.32. The highest BCUT2D eigenvalue weighted by Crippen LogP contribution is 2.45. The highest BCUT2D eigenvalue weighted by molar-refractivity contribution is 5.24. The van der Waals surface area contributed by atoms with Gasteiger partial charge in [0, 0.05) is 17.5 Å². The first-order valence-electron chi connectivity index (χ1n) is 5.13. The van der Waals surface area contributed by atoms with Crippen LogP contribution >= 0.6 is 0 Å². The van der Waals surface area contributed by atoms with Crippen molar-refractivity contribution in [3.63, 3.8) is 0 Å². The van der Waals surface area contributed by atoms with Gasteiger partial charge in [-0.3, -0.25) is 0 Å². The average molecular weight is 198 g/mol. The summed E-state index contributed by atoms with van der Waals surface area (Å²) < 4.78 is 26.1. The summed E-state index contributed by atoms with van der Waals surface area (Å²) in [6.45, 7) is -2.47. The van der Waals surface area contributed by atoms with Gasteiger partial charge in [-0.1, -0.05) is 0 Å². The van der Waals surface area contributed by atoms with Crippen molar-refractivity contribution in [1.29, 1.82) is 0 Å². The molecule has 0 N–H and O–H groups in total. The number of halogens is 2. The molecule has 0 bridgehead atoms. The molecule has 0 unspecified atom stereocenters. The lowest BCUT2D eigenvalue weighted by atomic mass is 10.2. The number of nitrogens with zero attached hydrogens (tertiary/aromatic N) is 2. The molecule has 76 valence electrons. The molecule has 2 aliphatic carbocycles. The Balaban J connectivity index is 1.97. The monoisotopic (exact) mass is 198 g/mol. The zero-order chi connectivity index (χ0) is 9.71. The Kier molecular flexibility index (Phi) is 1.66. The second-order valence-electron chi connectivity index (χ2n) is 4.26. The maximum Gasteiger partial charge on any atom is 0.333 e. The molecule has 0 saturated heterocycles. The molecule has 0 aromatic carbocycles. The van der Waals surface area contributed by atoms with Gasteiger partial charge < -0.3 is 0 Å². The predicted octanol–water partition coefficient (Wildman–Crippen LogP) is 3.03. The van der Waals surface area contributed by atoms with Crippen LogP contribution in [0.2, 0.25) is 0 Å². The van der Waals surface area contributed by atoms with Gasteiger partial charge in [0.05, 0.1) is 5.69 Å². The van der Waals surface area contributed by atoms with E-state index in [-0.39, 0.29) is 0 Å². The van der Waals surface area contributed by atoms with Crippen molar-refractivity contribution >= 4 is 0 Å². The summed E-state index contributed by atoms with van der Waals surface area (Å²) in [7, 11) is 0. The Labute approximate surface area is 80.9 Å². The topological polar surface area (TPSA) is 17.8 Å². The molecule has 0 atom stereocenters. The average Bonchev–Trinajstić information content (AvgIpc) is 3.03. The molecule has 1 aromatic rings. The molecule has 14 heavy (non-hydrogen) atoms. The fraction of sp³-hybridized carbons (Fsp3) is 0.700. The van der Waals surface area contributed by atoms with Crippen LogP contribution in [0.4, 0.5) is 8.78 Å². The van der Waals surface area contributed by atoms with E-state index in [0.29, 0.717) is 11.8 Å². The smallest absolute Gasteiger partial charge is 0.208 e. The Morgan fingerprint density at radius 2 is 1.86 bits per heavy atom. The van der Waals surface area contributed by atoms with E-state index in [4.69, 9.17) is 0 Å². The van der Waals surface area contributed by atoms with Gasteiger partial charge in [0.1, 0.15) is 0 Å². The van der Waals surface area contributed by atoms with Gasteiger partial charge in [-0.25, -0.2) is 4.68 Å². The normalized spacial score (nSPS) is 21.9. The molecule has 2 aliphatic rings. The van der Waals surface area contributed by atoms with E-state index < -0.39 is 6.55 Å². The van der Waals surface area contributed by atoms with Crippen molar-refractivity contribution in [2.45, 2.75) is 44.1 Å². The predicted molar refractivity (Wildman–Crippen MR) is 47.4 cm³/mol. The molecular weight excluding hydrogens is 186 g/mol. The van der Waals surface area contributed by atoms with Crippen LogP contribution in [0.5, 0.6) is 0 Å². The zero-order valence-electron chi connectivity index (χ0n) is 7.79. The number of hydrogen-bond acceptors (Lipinski definition) is 1. The van der Waals surface area contributed by atoms with E-state index in [1.807, 2.05) is 6.07 Å². The van der Waals surface area contributed by atoms with Crippen LogP contribution in [0.15, 0.2) is 6.07 Å². The van der Waals surface area contributed by atoms with Crippen molar-refractivity contribution in [1.82, 2.24) is 9.78 Å². The molecule has 0 spiro atoms. The lowest BCUT2D eigenvalue weighted by Crippen LogP contribution is -2.04. The largest absolute Gasteiger partial charge is 0.333 e. The molecular formula is C10H12F2N2. The van der Waals surface area contributed by atoms with Crippen molar-refractivity contribution in [2.75, 3.05) is 0 Å². The van der Waals surface area contributed by atoms with Crippen LogP contribution in [0.3, 0.4) is 0 Å². The van der Waals surface area contributed by atoms with Crippen LogP contribution in [0, 0.1) is 0 Å². The van der Waals surface area contributed by atoms with Crippen LogP contribution in [0.1, 0.15) is 55.5 Å². The van der Waals surface area contributed by atoms with Gasteiger partial charge in [0.15, 0.2) is 0 Å². The molecule has 0 radical (unpaired) electrons. The van der Waals surface area contributed by atoms with Gasteiger partial charge >= 0.3 is 6.55 Å². The molecule has 4 heteroatoms. The highest BCUT2D eigenvalue weighted by Gasteiger charge is 2.34. The minimum atomic E-state index is -2.47. The molecule has 2 nitrogen and oxygen atoms in total. The molecule has 2 fully saturated rings. The lowest BCUT2D eigenvalue weighted by Gasteiger charge is -2.03. The van der Waals surface area contributed by atoms with Crippen LogP contribution in [-0.2, 0) is 0 Å². The second kappa shape index (κ2) is 2.78. The van der Waals surface area contributed by atoms with Gasteiger partial charge in [0.2, 0.25) is 0 Å². The highest BCUT2D eigenvalue weighted by atomic mass is 19.3. The third-order valence-corrected chi connectivity index (χ3v) is 2.96. The first-order valence-corrected chi connectivity index (χ1v) is 5.13. The minimum Gasteiger partial charge on any atom is -0.208 e. The standard InChI is InChI=1S/C10H12F2N2/c11-10(12)14-9(7-3-4-7)5-8(13-14)6-1-2-6/h5-7,10H,1-4H2. The number of hydrogen-bond donors (Lipinski definition) is 0. The first-order chi connectivity index (χ1) is 6.75. The molecule has 1 aromatic heterocycles. The fourth-order valence-electron chi connectivity index (χ4n) is 1.85. The molecule has 0 amide bonds. The van der Waals surface area contributed by atoms with Gasteiger partial charge in [0.25, 0.3) is 0 Å². The van der Waals surface area contributed by atoms with Crippen LogP contribution in [0.25, 0.3) is 0 Å². The Hall–Kier alpha value is -0.930. The van der Waals surface area contributed by atoms with Crippen LogP contribution in [-0.4, -0.2) is 9.78 Å². The first kappa shape index (κ1) is 8.38. The third-order valence-electron chi connectivity index (χ3n) is 2.96. The number of rotatable bonds is 3. The van der Waals surface area contributed by atoms with Crippen molar-refractivity contribution in [3.8, 4) is 0 Å². The summed E-state index contributed by atoms with van der Waals surface area (Å²) in [4.78, 5) is 0. The maximum atomic E-state index is 12.6. The van der Waals surface area contributed by atoms with E-state index >= 15 is 0 Å². The third kappa shape index (κ3) is 1.33. The number of alkyl halides is 2. The molecule has 0 aliphatic heterocycles. The minimum absolute atomic E-state index is 0.351. The summed E-state index contributed by atoms with van der Waals surface area (Å²) >= 11 is 0. The molecule has 3 rings (SSSR count). The Morgan fingerprint density at radius 1 is 1.21 bits per heavy atom. The van der Waals surface area contributed by atoms with E-state index in [2.05, 4.69) is 5.10 Å². The van der Waals surface area contributed by atoms with Crippen molar-refractivity contribution < 1.29 is 8.78 Å². The van der Waals surface area contributed by atoms with E-state index in [1.165, 1.54) is 0 Å². The number of aromatic nitrogens is 2. The quantitative estimate of drug-likeness (QED) is 0.729. The molecule has 1 heterocycles. The summed E-state index contributed by atoms with van der Waals surface area (Å²) in [5, 5.41) is 4.00. The fourth-order valence-corrected chi connectivity index (χ4v) is 1.85. The van der Waals surface area contributed by atoms with Crippen LogP contribution < -0.4 is 0 Å². The van der Waals surface area contributed by atoms with E-state index in [1.54, 1.807) is 0 Å². The summed E-state index contributed by atoms with van der Waals surface area (Å²) in [6, 6.07) is 1.89. The lowest BCUT2D eigenvalue weighted by molar-refractivity contribution is 0.0530. The summed E-state index contributed by atoms with van der Waals surface area (Å²) in [5.74, 6) is 0.816. The SMILES string of the molecule is FC(F)n1nc(C2CC2)cc1C1CC1. The zero-order valence-corrected chi connectivity index (χ0v) is 7.79. The molecule has 2 saturated carbocycles. The van der Waals surface area contributed by atoms with Gasteiger partial charge in [-0.2, -0.15) is 13.9 Å². The van der Waals surface area contributed by atoms with Gasteiger partial charge in [-0.15, -0.1) is 0 Å². The van der Waals surface area contributed by atoms with Crippen molar-refractivity contribution in [2.24, 2.45) is 0 Å². The maximum absolute atomic E-state index is 12.6.